The van der Waals surface area contributed by atoms with Crippen LogP contribution in [0.4, 0.5) is 0 Å². The van der Waals surface area contributed by atoms with Gasteiger partial charge in [0.2, 0.25) is 5.76 Å². The van der Waals surface area contributed by atoms with Crippen molar-refractivity contribution in [2.24, 2.45) is 0 Å². The minimum Gasteiger partial charge on any atom is -0.493 e. The van der Waals surface area contributed by atoms with Gasteiger partial charge < -0.3 is 19.1 Å². The molecule has 7 heteroatoms. The molecule has 0 saturated carbocycles. The summed E-state index contributed by atoms with van der Waals surface area (Å²) in [4.78, 5) is 10.8. The van der Waals surface area contributed by atoms with Crippen molar-refractivity contribution in [1.29, 1.82) is 0 Å². The van der Waals surface area contributed by atoms with Crippen LogP contribution in [-0.4, -0.2) is 41.0 Å². The molecule has 2 aromatic rings. The van der Waals surface area contributed by atoms with Crippen LogP contribution in [0.25, 0.3) is 11.3 Å². The minimum absolute atomic E-state index is 0.186. The molecule has 1 aromatic heterocycles. The number of ether oxygens (including phenoxy) is 2. The molecular formula is C14H13NO5S. The lowest BCUT2D eigenvalue weighted by molar-refractivity contribution is 0.0652. The minimum atomic E-state index is -1.15. The highest BCUT2D eigenvalue weighted by atomic mass is 32.2. The molecule has 0 radical (unpaired) electrons. The standard InChI is InChI=1S/C14H13NO5S/c1-18-11-3-2-8(4-12(11)19-9-6-21-7-9)10-5-13(14(16)17)20-15-10/h2-5,9H,6-7H2,1H3,(H,16,17). The Morgan fingerprint density at radius 1 is 1.38 bits per heavy atom. The van der Waals surface area contributed by atoms with Crippen molar-refractivity contribution < 1.29 is 23.9 Å². The summed E-state index contributed by atoms with van der Waals surface area (Å²) in [7, 11) is 1.58. The van der Waals surface area contributed by atoms with Gasteiger partial charge in [0.1, 0.15) is 11.8 Å². The van der Waals surface area contributed by atoms with Gasteiger partial charge in [-0.25, -0.2) is 4.79 Å². The van der Waals surface area contributed by atoms with E-state index in [1.54, 1.807) is 25.3 Å². The average molecular weight is 307 g/mol. The van der Waals surface area contributed by atoms with Crippen LogP contribution in [0.1, 0.15) is 10.6 Å². The van der Waals surface area contributed by atoms with E-state index in [2.05, 4.69) is 5.16 Å². The van der Waals surface area contributed by atoms with E-state index in [0.29, 0.717) is 22.8 Å². The normalized spacial score (nSPS) is 14.5. The van der Waals surface area contributed by atoms with Crippen molar-refractivity contribution >= 4 is 17.7 Å². The maximum atomic E-state index is 10.8. The molecule has 0 bridgehead atoms. The summed E-state index contributed by atoms with van der Waals surface area (Å²) in [6.07, 6.45) is 0.186. The van der Waals surface area contributed by atoms with Crippen LogP contribution < -0.4 is 9.47 Å². The Kier molecular flexibility index (Phi) is 3.74. The third-order valence-electron chi connectivity index (χ3n) is 3.08. The van der Waals surface area contributed by atoms with E-state index in [-0.39, 0.29) is 11.9 Å². The van der Waals surface area contributed by atoms with Crippen molar-refractivity contribution in [2.45, 2.75) is 6.10 Å². The second-order valence-corrected chi connectivity index (χ2v) is 5.60. The molecule has 0 aliphatic carbocycles. The molecule has 1 aromatic carbocycles. The largest absolute Gasteiger partial charge is 0.493 e. The first-order valence-corrected chi connectivity index (χ1v) is 7.45. The number of carboxylic acid groups (broad SMARTS) is 1. The predicted octanol–water partition coefficient (Wildman–Crippen LogP) is 2.54. The maximum Gasteiger partial charge on any atom is 0.374 e. The van der Waals surface area contributed by atoms with Crippen LogP contribution in [-0.2, 0) is 0 Å². The molecule has 21 heavy (non-hydrogen) atoms. The third-order valence-corrected chi connectivity index (χ3v) is 4.30. The number of hydrogen-bond acceptors (Lipinski definition) is 6. The van der Waals surface area contributed by atoms with Crippen molar-refractivity contribution in [3.8, 4) is 22.8 Å². The number of aromatic nitrogens is 1. The maximum absolute atomic E-state index is 10.8. The first kappa shape index (κ1) is 13.8. The molecule has 1 fully saturated rings. The fourth-order valence-electron chi connectivity index (χ4n) is 1.90. The number of aromatic carboxylic acids is 1. The number of rotatable bonds is 5. The zero-order valence-electron chi connectivity index (χ0n) is 11.2. The molecule has 0 spiro atoms. The van der Waals surface area contributed by atoms with E-state index in [1.165, 1.54) is 6.07 Å². The van der Waals surface area contributed by atoms with E-state index in [1.807, 2.05) is 11.8 Å². The first-order chi connectivity index (χ1) is 10.2. The van der Waals surface area contributed by atoms with Gasteiger partial charge in [-0.3, -0.25) is 0 Å². The fraction of sp³-hybridized carbons (Fsp3) is 0.286. The van der Waals surface area contributed by atoms with Gasteiger partial charge in [0.15, 0.2) is 11.5 Å². The number of thioether (sulfide) groups is 1. The number of nitrogens with zero attached hydrogens (tertiary/aromatic N) is 1. The summed E-state index contributed by atoms with van der Waals surface area (Å²) in [5.74, 6) is 1.84. The van der Waals surface area contributed by atoms with E-state index in [0.717, 1.165) is 11.5 Å². The van der Waals surface area contributed by atoms with Gasteiger partial charge in [-0.2, -0.15) is 11.8 Å². The zero-order valence-corrected chi connectivity index (χ0v) is 12.1. The van der Waals surface area contributed by atoms with E-state index >= 15 is 0 Å². The zero-order chi connectivity index (χ0) is 14.8. The Bertz CT molecular complexity index is 665. The number of carboxylic acids is 1. The summed E-state index contributed by atoms with van der Waals surface area (Å²) in [6, 6.07) is 6.72. The SMILES string of the molecule is COc1ccc(-c2cc(C(=O)O)on2)cc1OC1CSC1. The molecule has 0 atom stereocenters. The van der Waals surface area contributed by atoms with Gasteiger partial charge in [-0.15, -0.1) is 0 Å². The van der Waals surface area contributed by atoms with E-state index in [9.17, 15) is 4.79 Å². The number of benzene rings is 1. The molecule has 0 amide bonds. The van der Waals surface area contributed by atoms with Gasteiger partial charge in [0.05, 0.1) is 7.11 Å². The topological polar surface area (TPSA) is 81.8 Å². The van der Waals surface area contributed by atoms with Gasteiger partial charge in [0, 0.05) is 23.1 Å². The Morgan fingerprint density at radius 3 is 2.76 bits per heavy atom. The molecule has 1 N–H and O–H groups in total. The van der Waals surface area contributed by atoms with Gasteiger partial charge in [-0.1, -0.05) is 5.16 Å². The van der Waals surface area contributed by atoms with Crippen LogP contribution in [0.2, 0.25) is 0 Å². The first-order valence-electron chi connectivity index (χ1n) is 6.30. The molecule has 3 rings (SSSR count). The highest BCUT2D eigenvalue weighted by molar-refractivity contribution is 8.00. The summed E-state index contributed by atoms with van der Waals surface area (Å²) in [6.45, 7) is 0. The summed E-state index contributed by atoms with van der Waals surface area (Å²) >= 11 is 1.83. The summed E-state index contributed by atoms with van der Waals surface area (Å²) in [5, 5.41) is 12.6. The van der Waals surface area contributed by atoms with Crippen LogP contribution >= 0.6 is 11.8 Å². The van der Waals surface area contributed by atoms with E-state index < -0.39 is 5.97 Å². The second-order valence-electron chi connectivity index (χ2n) is 4.52. The fourth-order valence-corrected chi connectivity index (χ4v) is 2.47. The van der Waals surface area contributed by atoms with Crippen molar-refractivity contribution in [1.82, 2.24) is 5.16 Å². The molecule has 1 aliphatic rings. The third kappa shape index (κ3) is 2.82. The quantitative estimate of drug-likeness (QED) is 0.909. The number of carbonyl (C=O) groups is 1. The smallest absolute Gasteiger partial charge is 0.374 e. The average Bonchev–Trinajstić information content (AvgIpc) is 2.92. The van der Waals surface area contributed by atoms with Crippen LogP contribution in [0.15, 0.2) is 28.8 Å². The Labute approximate surface area is 125 Å². The second kappa shape index (κ2) is 5.69. The van der Waals surface area contributed by atoms with Crippen molar-refractivity contribution in [3.05, 3.63) is 30.0 Å². The Balaban J connectivity index is 1.90. The highest BCUT2D eigenvalue weighted by Gasteiger charge is 2.22. The lowest BCUT2D eigenvalue weighted by Gasteiger charge is -2.26. The lowest BCUT2D eigenvalue weighted by atomic mass is 10.1. The molecular weight excluding hydrogens is 294 g/mol. The highest BCUT2D eigenvalue weighted by Crippen LogP contribution is 2.35. The Hall–Kier alpha value is -2.15. The Morgan fingerprint density at radius 2 is 2.19 bits per heavy atom. The lowest BCUT2D eigenvalue weighted by Crippen LogP contribution is -2.31. The molecule has 1 saturated heterocycles. The van der Waals surface area contributed by atoms with Crippen LogP contribution in [0.3, 0.4) is 0 Å². The monoisotopic (exact) mass is 307 g/mol. The van der Waals surface area contributed by atoms with Crippen LogP contribution in [0, 0.1) is 0 Å². The number of hydrogen-bond donors (Lipinski definition) is 1. The van der Waals surface area contributed by atoms with Gasteiger partial charge in [0.25, 0.3) is 0 Å². The molecule has 1 aliphatic heterocycles. The predicted molar refractivity (Wildman–Crippen MR) is 77.2 cm³/mol. The molecule has 110 valence electrons. The van der Waals surface area contributed by atoms with Crippen molar-refractivity contribution in [2.75, 3.05) is 18.6 Å². The summed E-state index contributed by atoms with van der Waals surface area (Å²) < 4.78 is 15.9. The molecule has 2 heterocycles. The summed E-state index contributed by atoms with van der Waals surface area (Å²) in [5.41, 5.74) is 1.16. The number of methoxy groups -OCH3 is 1. The van der Waals surface area contributed by atoms with Gasteiger partial charge in [-0.05, 0) is 18.2 Å². The van der Waals surface area contributed by atoms with Crippen molar-refractivity contribution in [3.63, 3.8) is 0 Å². The molecule has 6 nitrogen and oxygen atoms in total. The van der Waals surface area contributed by atoms with Crippen LogP contribution in [0.5, 0.6) is 11.5 Å². The van der Waals surface area contributed by atoms with Gasteiger partial charge >= 0.3 is 5.97 Å². The van der Waals surface area contributed by atoms with E-state index in [4.69, 9.17) is 19.1 Å². The molecule has 0 unspecified atom stereocenters.